The number of carbonyl (C=O) groups excluding carboxylic acids is 1. The predicted octanol–water partition coefficient (Wildman–Crippen LogP) is -0.174. The number of anilines is 1. The molecule has 0 bridgehead atoms. The van der Waals surface area contributed by atoms with Gasteiger partial charge in [-0.25, -0.2) is 9.97 Å². The monoisotopic (exact) mass is 265 g/mol. The van der Waals surface area contributed by atoms with Crippen molar-refractivity contribution in [2.24, 2.45) is 5.73 Å². The van der Waals surface area contributed by atoms with E-state index in [0.717, 1.165) is 12.8 Å². The molecule has 0 saturated heterocycles. The molecule has 2 rings (SSSR count). The molecule has 6 nitrogen and oxygen atoms in total. The lowest BCUT2D eigenvalue weighted by Gasteiger charge is -2.16. The van der Waals surface area contributed by atoms with E-state index in [1.807, 2.05) is 0 Å². The van der Waals surface area contributed by atoms with Crippen LogP contribution >= 0.6 is 12.2 Å². The van der Waals surface area contributed by atoms with E-state index < -0.39 is 0 Å². The van der Waals surface area contributed by atoms with E-state index >= 15 is 0 Å². The molecule has 1 aliphatic carbocycles. The number of nitrogens with zero attached hydrogens (tertiary/aromatic N) is 3. The lowest BCUT2D eigenvalue weighted by atomic mass is 10.4. The Kier molecular flexibility index (Phi) is 3.71. The quantitative estimate of drug-likeness (QED) is 0.719. The fourth-order valence-corrected chi connectivity index (χ4v) is 1.57. The van der Waals surface area contributed by atoms with E-state index in [9.17, 15) is 4.79 Å². The van der Waals surface area contributed by atoms with Crippen LogP contribution < -0.4 is 16.0 Å². The van der Waals surface area contributed by atoms with E-state index in [0.29, 0.717) is 17.7 Å². The van der Waals surface area contributed by atoms with Crippen molar-refractivity contribution in [3.8, 4) is 0 Å². The minimum absolute atomic E-state index is 0.0238. The highest BCUT2D eigenvalue weighted by molar-refractivity contribution is 7.80. The third-order valence-electron chi connectivity index (χ3n) is 2.56. The first-order chi connectivity index (χ1) is 8.56. The summed E-state index contributed by atoms with van der Waals surface area (Å²) in [7, 11) is 1.76. The Morgan fingerprint density at radius 2 is 2.39 bits per heavy atom. The van der Waals surface area contributed by atoms with Crippen molar-refractivity contribution in [1.29, 1.82) is 0 Å². The molecule has 3 N–H and O–H groups in total. The van der Waals surface area contributed by atoms with Crippen LogP contribution in [0.2, 0.25) is 0 Å². The molecule has 0 unspecified atom stereocenters. The number of hydrogen-bond acceptors (Lipinski definition) is 5. The Bertz CT molecular complexity index is 474. The van der Waals surface area contributed by atoms with Crippen LogP contribution in [0.25, 0.3) is 0 Å². The topological polar surface area (TPSA) is 84.1 Å². The standard InChI is InChI=1S/C11H15N5OS/c1-16(6-9(17)14-7-2-3-7)11-13-5-4-8(15-11)10(12)18/h4-5,7H,2-3,6H2,1H3,(H2,12,18)(H,14,17). The number of nitrogens with two attached hydrogens (primary N) is 1. The number of amides is 1. The van der Waals surface area contributed by atoms with Crippen LogP contribution in [0.15, 0.2) is 12.3 Å². The lowest BCUT2D eigenvalue weighted by Crippen LogP contribution is -2.37. The summed E-state index contributed by atoms with van der Waals surface area (Å²) >= 11 is 4.85. The molecule has 0 spiro atoms. The zero-order chi connectivity index (χ0) is 13.1. The van der Waals surface area contributed by atoms with Crippen molar-refractivity contribution in [3.05, 3.63) is 18.0 Å². The highest BCUT2D eigenvalue weighted by atomic mass is 32.1. The average Bonchev–Trinajstić information content (AvgIpc) is 3.12. The van der Waals surface area contributed by atoms with Gasteiger partial charge in [-0.1, -0.05) is 12.2 Å². The molecule has 18 heavy (non-hydrogen) atoms. The molecule has 0 aromatic carbocycles. The van der Waals surface area contributed by atoms with Crippen molar-refractivity contribution >= 4 is 29.1 Å². The Balaban J connectivity index is 1.98. The molecule has 1 fully saturated rings. The van der Waals surface area contributed by atoms with Crippen LogP contribution in [0, 0.1) is 0 Å². The number of carbonyl (C=O) groups is 1. The molecular formula is C11H15N5OS. The van der Waals surface area contributed by atoms with E-state index in [1.165, 1.54) is 0 Å². The number of rotatable bonds is 5. The molecular weight excluding hydrogens is 250 g/mol. The van der Waals surface area contributed by atoms with Crippen molar-refractivity contribution in [2.75, 3.05) is 18.5 Å². The fourth-order valence-electron chi connectivity index (χ4n) is 1.46. The first kappa shape index (κ1) is 12.7. The second-order valence-electron chi connectivity index (χ2n) is 4.30. The van der Waals surface area contributed by atoms with Crippen LogP contribution in [0.3, 0.4) is 0 Å². The number of aromatic nitrogens is 2. The molecule has 0 aliphatic heterocycles. The van der Waals surface area contributed by atoms with Crippen LogP contribution in [0.4, 0.5) is 5.95 Å². The zero-order valence-electron chi connectivity index (χ0n) is 10.1. The summed E-state index contributed by atoms with van der Waals surface area (Å²) in [6.07, 6.45) is 3.72. The van der Waals surface area contributed by atoms with Gasteiger partial charge in [-0.2, -0.15) is 0 Å². The van der Waals surface area contributed by atoms with Crippen LogP contribution in [0.5, 0.6) is 0 Å². The molecule has 1 amide bonds. The van der Waals surface area contributed by atoms with Gasteiger partial charge in [0.15, 0.2) is 0 Å². The molecule has 0 radical (unpaired) electrons. The Morgan fingerprint density at radius 3 is 3.00 bits per heavy atom. The molecule has 1 aromatic rings. The Labute approximate surface area is 111 Å². The number of thiocarbonyl (C=S) groups is 1. The summed E-state index contributed by atoms with van der Waals surface area (Å²) in [5.41, 5.74) is 6.01. The lowest BCUT2D eigenvalue weighted by molar-refractivity contribution is -0.119. The second kappa shape index (κ2) is 5.26. The van der Waals surface area contributed by atoms with Gasteiger partial charge in [0, 0.05) is 19.3 Å². The van der Waals surface area contributed by atoms with Gasteiger partial charge in [0.1, 0.15) is 10.7 Å². The van der Waals surface area contributed by atoms with Crippen molar-refractivity contribution in [1.82, 2.24) is 15.3 Å². The SMILES string of the molecule is CN(CC(=O)NC1CC1)c1nccc(C(N)=S)n1. The first-order valence-corrected chi connectivity index (χ1v) is 6.10. The highest BCUT2D eigenvalue weighted by Gasteiger charge is 2.23. The molecule has 96 valence electrons. The van der Waals surface area contributed by atoms with E-state index in [1.54, 1.807) is 24.2 Å². The normalized spacial score (nSPS) is 14.1. The third kappa shape index (κ3) is 3.36. The zero-order valence-corrected chi connectivity index (χ0v) is 10.9. The largest absolute Gasteiger partial charge is 0.388 e. The molecule has 0 atom stereocenters. The minimum Gasteiger partial charge on any atom is -0.388 e. The maximum atomic E-state index is 11.6. The maximum absolute atomic E-state index is 11.6. The fraction of sp³-hybridized carbons (Fsp3) is 0.455. The summed E-state index contributed by atoms with van der Waals surface area (Å²) in [5, 5.41) is 2.91. The Hall–Kier alpha value is -1.76. The smallest absolute Gasteiger partial charge is 0.239 e. The van der Waals surface area contributed by atoms with Gasteiger partial charge in [-0.3, -0.25) is 4.79 Å². The maximum Gasteiger partial charge on any atom is 0.239 e. The van der Waals surface area contributed by atoms with Gasteiger partial charge in [-0.15, -0.1) is 0 Å². The average molecular weight is 265 g/mol. The number of likely N-dealkylation sites (N-methyl/N-ethyl adjacent to an activating group) is 1. The number of hydrogen-bond donors (Lipinski definition) is 2. The summed E-state index contributed by atoms with van der Waals surface area (Å²) < 4.78 is 0. The molecule has 1 aliphatic rings. The minimum atomic E-state index is -0.0238. The Morgan fingerprint density at radius 1 is 1.67 bits per heavy atom. The molecule has 1 heterocycles. The van der Waals surface area contributed by atoms with Gasteiger partial charge < -0.3 is 16.0 Å². The van der Waals surface area contributed by atoms with Gasteiger partial charge in [-0.05, 0) is 18.9 Å². The molecule has 1 saturated carbocycles. The van der Waals surface area contributed by atoms with Gasteiger partial charge >= 0.3 is 0 Å². The van der Waals surface area contributed by atoms with Crippen LogP contribution in [-0.4, -0.2) is 40.5 Å². The van der Waals surface area contributed by atoms with Gasteiger partial charge in [0.05, 0.1) is 6.54 Å². The van der Waals surface area contributed by atoms with Crippen molar-refractivity contribution < 1.29 is 4.79 Å². The van der Waals surface area contributed by atoms with Gasteiger partial charge in [0.2, 0.25) is 11.9 Å². The molecule has 1 aromatic heterocycles. The first-order valence-electron chi connectivity index (χ1n) is 5.69. The van der Waals surface area contributed by atoms with Crippen molar-refractivity contribution in [3.63, 3.8) is 0 Å². The number of nitrogens with one attached hydrogen (secondary N) is 1. The van der Waals surface area contributed by atoms with Crippen LogP contribution in [0.1, 0.15) is 18.5 Å². The third-order valence-corrected chi connectivity index (χ3v) is 2.77. The molecule has 7 heteroatoms. The summed E-state index contributed by atoms with van der Waals surface area (Å²) in [6.45, 7) is 0.220. The van der Waals surface area contributed by atoms with E-state index in [4.69, 9.17) is 18.0 Å². The summed E-state index contributed by atoms with van der Waals surface area (Å²) in [4.78, 5) is 21.8. The van der Waals surface area contributed by atoms with Gasteiger partial charge in [0.25, 0.3) is 0 Å². The van der Waals surface area contributed by atoms with E-state index in [2.05, 4.69) is 15.3 Å². The predicted molar refractivity (Wildman–Crippen MR) is 72.4 cm³/mol. The van der Waals surface area contributed by atoms with Crippen molar-refractivity contribution in [2.45, 2.75) is 18.9 Å². The summed E-state index contributed by atoms with van der Waals surface area (Å²) in [5.74, 6) is 0.413. The second-order valence-corrected chi connectivity index (χ2v) is 4.74. The van der Waals surface area contributed by atoms with Crippen LogP contribution in [-0.2, 0) is 4.79 Å². The highest BCUT2D eigenvalue weighted by Crippen LogP contribution is 2.18. The van der Waals surface area contributed by atoms with E-state index in [-0.39, 0.29) is 17.4 Å². The summed E-state index contributed by atoms with van der Waals surface area (Å²) in [6, 6.07) is 2.00.